The van der Waals surface area contributed by atoms with Crippen LogP contribution >= 0.6 is 15.9 Å². The molecule has 0 heterocycles. The van der Waals surface area contributed by atoms with Gasteiger partial charge in [-0.15, -0.1) is 0 Å². The summed E-state index contributed by atoms with van der Waals surface area (Å²) in [5, 5.41) is 1.75. The lowest BCUT2D eigenvalue weighted by Crippen LogP contribution is -2.14. The van der Waals surface area contributed by atoms with Gasteiger partial charge in [0.05, 0.1) is 11.1 Å². The van der Waals surface area contributed by atoms with Crippen molar-refractivity contribution in [3.63, 3.8) is 0 Å². The molecule has 0 aliphatic carbocycles. The Kier molecular flexibility index (Phi) is 5.32. The Hall–Kier alpha value is -2.67. The Morgan fingerprint density at radius 1 is 0.926 bits per heavy atom. The summed E-state index contributed by atoms with van der Waals surface area (Å²) in [6.45, 7) is -0.555. The van der Waals surface area contributed by atoms with E-state index < -0.39 is 30.1 Å². The monoisotopic (exact) mass is 436 g/mol. The van der Waals surface area contributed by atoms with Crippen LogP contribution < -0.4 is 0 Å². The lowest BCUT2D eigenvalue weighted by atomic mass is 10.1. The summed E-state index contributed by atoms with van der Waals surface area (Å²) < 4.78 is 43.5. The second-order valence-corrected chi connectivity index (χ2v) is 6.60. The van der Waals surface area contributed by atoms with E-state index in [0.29, 0.717) is 0 Å². The topological polar surface area (TPSA) is 43.4 Å². The number of rotatable bonds is 4. The van der Waals surface area contributed by atoms with Gasteiger partial charge in [0, 0.05) is 10.0 Å². The lowest BCUT2D eigenvalue weighted by Gasteiger charge is -2.08. The Labute approximate surface area is 160 Å². The first-order chi connectivity index (χ1) is 12.8. The molecule has 0 fully saturated rings. The molecule has 0 aromatic heterocycles. The first kappa shape index (κ1) is 19.1. The van der Waals surface area contributed by atoms with E-state index in [1.54, 1.807) is 18.2 Å². The zero-order chi connectivity index (χ0) is 19.6. The standard InChI is InChI=1S/C20H12BrF3O3/c21-17-3-1-2-13-10-14(6-9-16(13)17)19(26)27-11-18(25)12-4-7-15(8-5-12)20(22,23)24/h1-10H,11H2. The van der Waals surface area contributed by atoms with Gasteiger partial charge in [-0.2, -0.15) is 13.2 Å². The molecule has 3 nitrogen and oxygen atoms in total. The molecule has 3 aromatic carbocycles. The van der Waals surface area contributed by atoms with Crippen LogP contribution in [0, 0.1) is 0 Å². The van der Waals surface area contributed by atoms with Crippen molar-refractivity contribution in [2.24, 2.45) is 0 Å². The third kappa shape index (κ3) is 4.36. The molecule has 0 atom stereocenters. The molecule has 3 aromatic rings. The van der Waals surface area contributed by atoms with E-state index in [1.165, 1.54) is 0 Å². The van der Waals surface area contributed by atoms with Crippen LogP contribution in [0.4, 0.5) is 13.2 Å². The molecule has 0 saturated carbocycles. The number of ether oxygens (including phenoxy) is 1. The first-order valence-electron chi connectivity index (χ1n) is 7.81. The normalized spacial score (nSPS) is 11.4. The van der Waals surface area contributed by atoms with Gasteiger partial charge >= 0.3 is 12.1 Å². The third-order valence-electron chi connectivity index (χ3n) is 3.93. The number of hydrogen-bond donors (Lipinski definition) is 0. The zero-order valence-electron chi connectivity index (χ0n) is 13.7. The minimum Gasteiger partial charge on any atom is -0.454 e. The highest BCUT2D eigenvalue weighted by Crippen LogP contribution is 2.29. The van der Waals surface area contributed by atoms with Gasteiger partial charge in [0.2, 0.25) is 0 Å². The third-order valence-corrected chi connectivity index (χ3v) is 4.62. The molecule has 7 heteroatoms. The van der Waals surface area contributed by atoms with Crippen molar-refractivity contribution in [3.8, 4) is 0 Å². The Morgan fingerprint density at radius 3 is 2.26 bits per heavy atom. The SMILES string of the molecule is O=C(COC(=O)c1ccc2c(Br)cccc2c1)c1ccc(C(F)(F)F)cc1. The fraction of sp³-hybridized carbons (Fsp3) is 0.100. The van der Waals surface area contributed by atoms with Crippen molar-refractivity contribution in [1.82, 2.24) is 0 Å². The van der Waals surface area contributed by atoms with Crippen LogP contribution in [0.15, 0.2) is 65.1 Å². The molecule has 0 N–H and O–H groups in total. The maximum atomic E-state index is 12.5. The molecule has 0 unspecified atom stereocenters. The largest absolute Gasteiger partial charge is 0.454 e. The van der Waals surface area contributed by atoms with E-state index >= 15 is 0 Å². The number of ketones is 1. The van der Waals surface area contributed by atoms with Gasteiger partial charge in [-0.3, -0.25) is 4.79 Å². The number of esters is 1. The summed E-state index contributed by atoms with van der Waals surface area (Å²) in [6, 6.07) is 14.3. The molecular formula is C20H12BrF3O3. The maximum absolute atomic E-state index is 12.5. The van der Waals surface area contributed by atoms with Gasteiger partial charge in [-0.1, -0.05) is 46.3 Å². The van der Waals surface area contributed by atoms with Crippen LogP contribution in [0.5, 0.6) is 0 Å². The average Bonchev–Trinajstić information content (AvgIpc) is 2.65. The highest BCUT2D eigenvalue weighted by Gasteiger charge is 2.30. The molecule has 0 aliphatic rings. The Balaban J connectivity index is 1.67. The van der Waals surface area contributed by atoms with Gasteiger partial charge in [-0.05, 0) is 41.1 Å². The first-order valence-corrected chi connectivity index (χ1v) is 8.61. The summed E-state index contributed by atoms with van der Waals surface area (Å²) in [5.74, 6) is -1.27. The van der Waals surface area contributed by atoms with Gasteiger partial charge in [0.1, 0.15) is 0 Å². The van der Waals surface area contributed by atoms with Crippen LogP contribution in [0.25, 0.3) is 10.8 Å². The summed E-state index contributed by atoms with van der Waals surface area (Å²) >= 11 is 3.42. The number of hydrogen-bond acceptors (Lipinski definition) is 3. The van der Waals surface area contributed by atoms with Crippen LogP contribution in [0.2, 0.25) is 0 Å². The molecule has 0 spiro atoms. The summed E-state index contributed by atoms with van der Waals surface area (Å²) in [7, 11) is 0. The summed E-state index contributed by atoms with van der Waals surface area (Å²) in [4.78, 5) is 24.2. The molecular weight excluding hydrogens is 425 g/mol. The van der Waals surface area contributed by atoms with Crippen molar-refractivity contribution in [2.75, 3.05) is 6.61 Å². The molecule has 0 aliphatic heterocycles. The van der Waals surface area contributed by atoms with Crippen molar-refractivity contribution in [1.29, 1.82) is 0 Å². The minimum atomic E-state index is -4.47. The second-order valence-electron chi connectivity index (χ2n) is 5.75. The molecule has 0 bridgehead atoms. The van der Waals surface area contributed by atoms with E-state index in [2.05, 4.69) is 15.9 Å². The number of Topliss-reactive ketones (excluding diaryl/α,β-unsaturated/α-hetero) is 1. The number of carbonyl (C=O) groups is 2. The van der Waals surface area contributed by atoms with Crippen LogP contribution in [0.3, 0.4) is 0 Å². The molecule has 3 rings (SSSR count). The van der Waals surface area contributed by atoms with Gasteiger partial charge in [0.15, 0.2) is 12.4 Å². The molecule has 138 valence electrons. The summed E-state index contributed by atoms with van der Waals surface area (Å²) in [5.41, 5.74) is -0.530. The molecule has 0 radical (unpaired) electrons. The number of carbonyl (C=O) groups excluding carboxylic acids is 2. The van der Waals surface area contributed by atoms with E-state index in [9.17, 15) is 22.8 Å². The predicted molar refractivity (Wildman–Crippen MR) is 97.7 cm³/mol. The highest BCUT2D eigenvalue weighted by molar-refractivity contribution is 9.10. The zero-order valence-corrected chi connectivity index (χ0v) is 15.3. The van der Waals surface area contributed by atoms with Crippen molar-refractivity contribution in [2.45, 2.75) is 6.18 Å². The van der Waals surface area contributed by atoms with Gasteiger partial charge in [-0.25, -0.2) is 4.79 Å². The maximum Gasteiger partial charge on any atom is 0.416 e. The number of alkyl halides is 3. The van der Waals surface area contributed by atoms with Crippen molar-refractivity contribution >= 4 is 38.5 Å². The second kappa shape index (κ2) is 7.52. The number of halogens is 4. The number of benzene rings is 3. The molecule has 0 saturated heterocycles. The quantitative estimate of drug-likeness (QED) is 0.391. The van der Waals surface area contributed by atoms with Gasteiger partial charge < -0.3 is 4.74 Å². The van der Waals surface area contributed by atoms with Crippen molar-refractivity contribution < 1.29 is 27.5 Å². The van der Waals surface area contributed by atoms with Crippen molar-refractivity contribution in [3.05, 3.63) is 81.8 Å². The van der Waals surface area contributed by atoms with Crippen LogP contribution in [-0.4, -0.2) is 18.4 Å². The summed E-state index contributed by atoms with van der Waals surface area (Å²) in [6.07, 6.45) is -4.47. The predicted octanol–water partition coefficient (Wildman–Crippen LogP) is 5.66. The average molecular weight is 437 g/mol. The minimum absolute atomic E-state index is 0.0400. The van der Waals surface area contributed by atoms with Crippen LogP contribution in [0.1, 0.15) is 26.3 Å². The Bertz CT molecular complexity index is 1010. The smallest absolute Gasteiger partial charge is 0.416 e. The molecule has 0 amide bonds. The number of fused-ring (bicyclic) bond motifs is 1. The van der Waals surface area contributed by atoms with Gasteiger partial charge in [0.25, 0.3) is 0 Å². The van der Waals surface area contributed by atoms with E-state index in [-0.39, 0.29) is 11.1 Å². The Morgan fingerprint density at radius 2 is 1.59 bits per heavy atom. The fourth-order valence-corrected chi connectivity index (χ4v) is 3.03. The van der Waals surface area contributed by atoms with Crippen LogP contribution in [-0.2, 0) is 10.9 Å². The molecule has 27 heavy (non-hydrogen) atoms. The lowest BCUT2D eigenvalue weighted by molar-refractivity contribution is -0.137. The van der Waals surface area contributed by atoms with E-state index in [1.807, 2.05) is 18.2 Å². The fourth-order valence-electron chi connectivity index (χ4n) is 2.51. The van der Waals surface area contributed by atoms with E-state index in [4.69, 9.17) is 4.74 Å². The highest BCUT2D eigenvalue weighted by atomic mass is 79.9. The van der Waals surface area contributed by atoms with E-state index in [0.717, 1.165) is 39.5 Å².